The van der Waals surface area contributed by atoms with Gasteiger partial charge in [0.25, 0.3) is 0 Å². The van der Waals surface area contributed by atoms with Crippen molar-refractivity contribution >= 4 is 33.4 Å². The molecule has 6 N–H and O–H groups in total. The number of nitrogens with one attached hydrogen (secondary N) is 4. The van der Waals surface area contributed by atoms with Crippen LogP contribution in [0.2, 0.25) is 0 Å². The molecule has 1 aromatic carbocycles. The highest BCUT2D eigenvalue weighted by molar-refractivity contribution is 7.89. The molecule has 11 heteroatoms. The van der Waals surface area contributed by atoms with Gasteiger partial charge in [-0.3, -0.25) is 14.4 Å². The molecule has 1 rings (SSSR count). The number of sulfonamides is 1. The molecule has 0 saturated carbocycles. The van der Waals surface area contributed by atoms with E-state index in [0.29, 0.717) is 0 Å². The van der Waals surface area contributed by atoms with Gasteiger partial charge in [-0.1, -0.05) is 19.9 Å². The Morgan fingerprint density at radius 3 is 2.30 bits per heavy atom. The van der Waals surface area contributed by atoms with Gasteiger partial charge in [-0.2, -0.15) is 0 Å². The number of benzene rings is 1. The van der Waals surface area contributed by atoms with Crippen LogP contribution in [0.4, 0.5) is 5.69 Å². The molecule has 0 unspecified atom stereocenters. The van der Waals surface area contributed by atoms with Crippen LogP contribution in [0.5, 0.6) is 0 Å². The summed E-state index contributed by atoms with van der Waals surface area (Å²) in [5.74, 6) is -1.62. The second-order valence-corrected chi connectivity index (χ2v) is 7.93. The molecule has 0 aliphatic rings. The summed E-state index contributed by atoms with van der Waals surface area (Å²) in [7, 11) is -2.35. The number of amides is 3. The van der Waals surface area contributed by atoms with E-state index in [1.165, 1.54) is 31.3 Å². The highest BCUT2D eigenvalue weighted by Crippen LogP contribution is 2.14. The molecule has 0 bridgehead atoms. The first kappa shape index (κ1) is 22.5. The first-order chi connectivity index (χ1) is 12.6. The van der Waals surface area contributed by atoms with Crippen molar-refractivity contribution in [1.82, 2.24) is 15.4 Å². The Balaban J connectivity index is 2.49. The first-order valence-electron chi connectivity index (χ1n) is 8.20. The van der Waals surface area contributed by atoms with Crippen molar-refractivity contribution in [2.45, 2.75) is 24.8 Å². The first-order valence-corrected chi connectivity index (χ1v) is 9.68. The summed E-state index contributed by atoms with van der Waals surface area (Å²) < 4.78 is 25.7. The summed E-state index contributed by atoms with van der Waals surface area (Å²) in [5, 5.41) is 7.21. The molecule has 150 valence electrons. The van der Waals surface area contributed by atoms with E-state index in [0.717, 1.165) is 0 Å². The third kappa shape index (κ3) is 7.33. The van der Waals surface area contributed by atoms with Crippen LogP contribution in [0.3, 0.4) is 0 Å². The van der Waals surface area contributed by atoms with Gasteiger partial charge in [0.1, 0.15) is 0 Å². The van der Waals surface area contributed by atoms with Gasteiger partial charge in [0.2, 0.25) is 27.7 Å². The van der Waals surface area contributed by atoms with Crippen LogP contribution in [0.1, 0.15) is 13.8 Å². The summed E-state index contributed by atoms with van der Waals surface area (Å²) in [6.45, 7) is 2.92. The van der Waals surface area contributed by atoms with Crippen molar-refractivity contribution in [3.63, 3.8) is 0 Å². The summed E-state index contributed by atoms with van der Waals surface area (Å²) in [5.41, 5.74) is 5.92. The van der Waals surface area contributed by atoms with Crippen LogP contribution in [0.25, 0.3) is 0 Å². The normalized spacial score (nSPS) is 12.3. The molecule has 1 aromatic rings. The predicted molar refractivity (Wildman–Crippen MR) is 100 cm³/mol. The van der Waals surface area contributed by atoms with Crippen LogP contribution in [-0.4, -0.2) is 52.3 Å². The largest absolute Gasteiger partial charge is 0.346 e. The molecule has 0 aromatic heterocycles. The SMILES string of the molecule is CNS(=O)(=O)c1cccc(NC(=O)CNC(=O)CNC(=O)[C@@H](N)C(C)C)c1. The molecule has 3 amide bonds. The molecular weight excluding hydrogens is 374 g/mol. The maximum Gasteiger partial charge on any atom is 0.243 e. The average Bonchev–Trinajstić information content (AvgIpc) is 2.63. The Kier molecular flexibility index (Phi) is 8.34. The average molecular weight is 399 g/mol. The number of carbonyl (C=O) groups is 3. The minimum atomic E-state index is -3.63. The molecule has 0 fully saturated rings. The maximum absolute atomic E-state index is 11.9. The van der Waals surface area contributed by atoms with Gasteiger partial charge in [0.05, 0.1) is 24.0 Å². The highest BCUT2D eigenvalue weighted by Gasteiger charge is 2.18. The van der Waals surface area contributed by atoms with Crippen LogP contribution >= 0.6 is 0 Å². The number of hydrogen-bond donors (Lipinski definition) is 5. The van der Waals surface area contributed by atoms with Gasteiger partial charge in [0, 0.05) is 5.69 Å². The molecule has 0 radical (unpaired) electrons. The molecule has 0 saturated heterocycles. The lowest BCUT2D eigenvalue weighted by Gasteiger charge is -2.15. The lowest BCUT2D eigenvalue weighted by atomic mass is 10.1. The number of anilines is 1. The fraction of sp³-hybridized carbons (Fsp3) is 0.438. The Hall–Kier alpha value is -2.50. The minimum Gasteiger partial charge on any atom is -0.346 e. The lowest BCUT2D eigenvalue weighted by molar-refractivity contribution is -0.127. The summed E-state index contributed by atoms with van der Waals surface area (Å²) in [4.78, 5) is 35.2. The van der Waals surface area contributed by atoms with E-state index in [9.17, 15) is 22.8 Å². The van der Waals surface area contributed by atoms with E-state index >= 15 is 0 Å². The topological polar surface area (TPSA) is 159 Å². The van der Waals surface area contributed by atoms with Gasteiger partial charge in [-0.05, 0) is 31.2 Å². The Morgan fingerprint density at radius 1 is 1.07 bits per heavy atom. The van der Waals surface area contributed by atoms with Crippen molar-refractivity contribution in [3.05, 3.63) is 24.3 Å². The predicted octanol–water partition coefficient (Wildman–Crippen LogP) is -1.25. The second-order valence-electron chi connectivity index (χ2n) is 6.05. The third-order valence-corrected chi connectivity index (χ3v) is 5.00. The lowest BCUT2D eigenvalue weighted by Crippen LogP contribution is -2.47. The van der Waals surface area contributed by atoms with Gasteiger partial charge in [-0.25, -0.2) is 13.1 Å². The Labute approximate surface area is 158 Å². The smallest absolute Gasteiger partial charge is 0.243 e. The standard InChI is InChI=1S/C16H25N5O5S/c1-10(2)15(17)16(24)20-8-13(22)19-9-14(23)21-11-5-4-6-12(7-11)27(25,26)18-3/h4-7,10,15,18H,8-9,17H2,1-3H3,(H,19,22)(H,20,24)(H,21,23)/t15-/m0/s1. The molecule has 0 aliphatic carbocycles. The Morgan fingerprint density at radius 2 is 1.70 bits per heavy atom. The number of carbonyl (C=O) groups excluding carboxylic acids is 3. The van der Waals surface area contributed by atoms with Gasteiger partial charge < -0.3 is 21.7 Å². The summed E-state index contributed by atoms with van der Waals surface area (Å²) >= 11 is 0. The van der Waals surface area contributed by atoms with Gasteiger partial charge >= 0.3 is 0 Å². The summed E-state index contributed by atoms with van der Waals surface area (Å²) in [6.07, 6.45) is 0. The second kappa shape index (κ2) is 10.00. The minimum absolute atomic E-state index is 0.00367. The quantitative estimate of drug-likeness (QED) is 0.349. The molecule has 0 spiro atoms. The van der Waals surface area contributed by atoms with E-state index in [2.05, 4.69) is 20.7 Å². The van der Waals surface area contributed by atoms with Crippen LogP contribution in [0, 0.1) is 5.92 Å². The highest BCUT2D eigenvalue weighted by atomic mass is 32.2. The van der Waals surface area contributed by atoms with Crippen LogP contribution in [-0.2, 0) is 24.4 Å². The van der Waals surface area contributed by atoms with E-state index in [1.54, 1.807) is 13.8 Å². The van der Waals surface area contributed by atoms with E-state index < -0.39 is 33.8 Å². The zero-order valence-corrected chi connectivity index (χ0v) is 16.2. The maximum atomic E-state index is 11.9. The monoisotopic (exact) mass is 399 g/mol. The molecule has 27 heavy (non-hydrogen) atoms. The Bertz CT molecular complexity index is 794. The number of hydrogen-bond acceptors (Lipinski definition) is 6. The van der Waals surface area contributed by atoms with Crippen molar-refractivity contribution in [1.29, 1.82) is 0 Å². The third-order valence-electron chi connectivity index (χ3n) is 3.59. The van der Waals surface area contributed by atoms with Crippen LogP contribution in [0.15, 0.2) is 29.2 Å². The fourth-order valence-electron chi connectivity index (χ4n) is 1.89. The van der Waals surface area contributed by atoms with Crippen molar-refractivity contribution in [3.8, 4) is 0 Å². The van der Waals surface area contributed by atoms with Crippen LogP contribution < -0.4 is 26.4 Å². The molecular formula is C16H25N5O5S. The van der Waals surface area contributed by atoms with E-state index in [-0.39, 0.29) is 29.6 Å². The van der Waals surface area contributed by atoms with E-state index in [4.69, 9.17) is 5.73 Å². The summed E-state index contributed by atoms with van der Waals surface area (Å²) in [6, 6.07) is 4.95. The van der Waals surface area contributed by atoms with E-state index in [1.807, 2.05) is 0 Å². The molecule has 1 atom stereocenters. The fourth-order valence-corrected chi connectivity index (χ4v) is 2.67. The molecule has 0 aliphatic heterocycles. The van der Waals surface area contributed by atoms with Gasteiger partial charge in [0.15, 0.2) is 0 Å². The van der Waals surface area contributed by atoms with Crippen molar-refractivity contribution < 1.29 is 22.8 Å². The van der Waals surface area contributed by atoms with Crippen molar-refractivity contribution in [2.75, 3.05) is 25.5 Å². The van der Waals surface area contributed by atoms with Gasteiger partial charge in [-0.15, -0.1) is 0 Å². The number of rotatable bonds is 9. The zero-order chi connectivity index (χ0) is 20.6. The van der Waals surface area contributed by atoms with Crippen molar-refractivity contribution in [2.24, 2.45) is 11.7 Å². The molecule has 0 heterocycles. The number of nitrogens with two attached hydrogens (primary N) is 1. The molecule has 10 nitrogen and oxygen atoms in total. The zero-order valence-electron chi connectivity index (χ0n) is 15.4.